The number of hydrogen-bond donors (Lipinski definition) is 1. The Bertz CT molecular complexity index is 944. The first-order valence-corrected chi connectivity index (χ1v) is 11.0. The Balaban J connectivity index is 1.88. The van der Waals surface area contributed by atoms with E-state index in [2.05, 4.69) is 4.72 Å². The second kappa shape index (κ2) is 8.42. The van der Waals surface area contributed by atoms with Crippen molar-refractivity contribution in [3.05, 3.63) is 58.6 Å². The third-order valence-electron chi connectivity index (χ3n) is 4.62. The zero-order valence-electron chi connectivity index (χ0n) is 15.2. The normalized spacial score (nSPS) is 14.1. The van der Waals surface area contributed by atoms with Crippen molar-refractivity contribution in [3.63, 3.8) is 0 Å². The molecule has 0 saturated carbocycles. The van der Waals surface area contributed by atoms with Crippen LogP contribution < -0.4 is 9.62 Å². The monoisotopic (exact) mass is 406 g/mol. The fourth-order valence-electron chi connectivity index (χ4n) is 3.20. The van der Waals surface area contributed by atoms with E-state index in [1.165, 1.54) is 0 Å². The van der Waals surface area contributed by atoms with Crippen LogP contribution in [0.4, 0.5) is 5.69 Å². The van der Waals surface area contributed by atoms with Gasteiger partial charge in [-0.3, -0.25) is 4.79 Å². The topological polar surface area (TPSA) is 66.5 Å². The zero-order valence-corrected chi connectivity index (χ0v) is 16.8. The minimum Gasteiger partial charge on any atom is -0.308 e. The van der Waals surface area contributed by atoms with Gasteiger partial charge in [0.05, 0.1) is 4.90 Å². The quantitative estimate of drug-likeness (QED) is 0.737. The molecule has 27 heavy (non-hydrogen) atoms. The highest BCUT2D eigenvalue weighted by atomic mass is 35.5. The van der Waals surface area contributed by atoms with E-state index >= 15 is 0 Å². The maximum absolute atomic E-state index is 12.9. The van der Waals surface area contributed by atoms with Crippen LogP contribution >= 0.6 is 11.6 Å². The molecule has 0 bridgehead atoms. The van der Waals surface area contributed by atoms with Crippen LogP contribution in [0.15, 0.2) is 47.4 Å². The number of rotatable bonds is 6. The highest BCUT2D eigenvalue weighted by molar-refractivity contribution is 7.89. The molecule has 0 aliphatic carbocycles. The van der Waals surface area contributed by atoms with E-state index in [4.69, 9.17) is 11.6 Å². The van der Waals surface area contributed by atoms with E-state index in [0.29, 0.717) is 23.7 Å². The summed E-state index contributed by atoms with van der Waals surface area (Å²) in [4.78, 5) is 14.9. The molecule has 1 amide bonds. The molecule has 2 aromatic rings. The molecule has 0 saturated heterocycles. The van der Waals surface area contributed by atoms with Crippen LogP contribution in [0.3, 0.4) is 0 Å². The molecule has 0 fully saturated rings. The van der Waals surface area contributed by atoms with Crippen molar-refractivity contribution < 1.29 is 13.2 Å². The standard InChI is InChI=1S/C20H23ClN2O3S/c1-2-3-11-22-27(25,26)18-9-10-19-15(14-18)7-5-12-23(19)20(24)16-6-4-8-17(21)13-16/h4,6,8-10,13-14,22H,2-3,5,7,11-12H2,1H3. The molecule has 2 aromatic carbocycles. The molecule has 1 aliphatic rings. The number of sulfonamides is 1. The van der Waals surface area contributed by atoms with Crippen molar-refractivity contribution in [1.82, 2.24) is 4.72 Å². The van der Waals surface area contributed by atoms with Crippen LogP contribution in [0.1, 0.15) is 42.1 Å². The predicted molar refractivity (Wildman–Crippen MR) is 108 cm³/mol. The van der Waals surface area contributed by atoms with Crippen molar-refractivity contribution in [3.8, 4) is 0 Å². The van der Waals surface area contributed by atoms with E-state index < -0.39 is 10.0 Å². The maximum Gasteiger partial charge on any atom is 0.258 e. The smallest absolute Gasteiger partial charge is 0.258 e. The summed E-state index contributed by atoms with van der Waals surface area (Å²) in [6.45, 7) is 3.03. The first kappa shape index (κ1) is 19.9. The summed E-state index contributed by atoms with van der Waals surface area (Å²) in [6, 6.07) is 11.8. The van der Waals surface area contributed by atoms with Gasteiger partial charge in [-0.05, 0) is 61.2 Å². The summed E-state index contributed by atoms with van der Waals surface area (Å²) in [5, 5.41) is 0.512. The van der Waals surface area contributed by atoms with Crippen molar-refractivity contribution in [1.29, 1.82) is 0 Å². The number of nitrogens with zero attached hydrogens (tertiary/aromatic N) is 1. The van der Waals surface area contributed by atoms with E-state index in [0.717, 1.165) is 36.9 Å². The molecule has 0 radical (unpaired) electrons. The lowest BCUT2D eigenvalue weighted by Crippen LogP contribution is -2.35. The van der Waals surface area contributed by atoms with Crippen molar-refractivity contribution in [2.75, 3.05) is 18.0 Å². The van der Waals surface area contributed by atoms with Gasteiger partial charge in [0.25, 0.3) is 5.91 Å². The number of benzene rings is 2. The molecule has 0 atom stereocenters. The van der Waals surface area contributed by atoms with Gasteiger partial charge in [0.15, 0.2) is 0 Å². The van der Waals surface area contributed by atoms with E-state index in [1.54, 1.807) is 47.4 Å². The van der Waals surface area contributed by atoms with Gasteiger partial charge in [0, 0.05) is 29.4 Å². The van der Waals surface area contributed by atoms with Gasteiger partial charge in [-0.15, -0.1) is 0 Å². The molecule has 144 valence electrons. The number of halogens is 1. The largest absolute Gasteiger partial charge is 0.308 e. The van der Waals surface area contributed by atoms with E-state index in [1.807, 2.05) is 6.92 Å². The molecule has 5 nitrogen and oxygen atoms in total. The lowest BCUT2D eigenvalue weighted by molar-refractivity contribution is 0.0985. The Kier molecular flexibility index (Phi) is 6.19. The summed E-state index contributed by atoms with van der Waals surface area (Å²) in [7, 11) is -3.53. The van der Waals surface area contributed by atoms with Crippen molar-refractivity contribution in [2.24, 2.45) is 0 Å². The lowest BCUT2D eigenvalue weighted by atomic mass is 10.0. The number of unbranched alkanes of at least 4 members (excludes halogenated alkanes) is 1. The minimum atomic E-state index is -3.53. The van der Waals surface area contributed by atoms with Crippen molar-refractivity contribution >= 4 is 33.2 Å². The van der Waals surface area contributed by atoms with Gasteiger partial charge >= 0.3 is 0 Å². The summed E-state index contributed by atoms with van der Waals surface area (Å²) in [5.41, 5.74) is 2.15. The third-order valence-corrected chi connectivity index (χ3v) is 6.31. The number of amides is 1. The number of anilines is 1. The van der Waals surface area contributed by atoms with Gasteiger partial charge < -0.3 is 4.90 Å². The maximum atomic E-state index is 12.9. The number of nitrogens with one attached hydrogen (secondary N) is 1. The second-order valence-electron chi connectivity index (χ2n) is 6.61. The number of carbonyl (C=O) groups is 1. The fraction of sp³-hybridized carbons (Fsp3) is 0.350. The van der Waals surface area contributed by atoms with Crippen molar-refractivity contribution in [2.45, 2.75) is 37.5 Å². The number of fused-ring (bicyclic) bond motifs is 1. The zero-order chi connectivity index (χ0) is 19.4. The Morgan fingerprint density at radius 2 is 2.04 bits per heavy atom. The van der Waals surface area contributed by atoms with E-state index in [-0.39, 0.29) is 10.8 Å². The SMILES string of the molecule is CCCCNS(=O)(=O)c1ccc2c(c1)CCCN2C(=O)c1cccc(Cl)c1. The van der Waals surface area contributed by atoms with Gasteiger partial charge in [0.1, 0.15) is 0 Å². The molecule has 0 unspecified atom stereocenters. The number of carbonyl (C=O) groups excluding carboxylic acids is 1. The summed E-state index contributed by atoms with van der Waals surface area (Å²) >= 11 is 6.01. The summed E-state index contributed by atoms with van der Waals surface area (Å²) in [5.74, 6) is -0.130. The van der Waals surface area contributed by atoms with Crippen LogP contribution in [0.2, 0.25) is 5.02 Å². The molecule has 1 heterocycles. The van der Waals surface area contributed by atoms with Crippen LogP contribution in [-0.2, 0) is 16.4 Å². The molecule has 7 heteroatoms. The molecule has 0 spiro atoms. The third kappa shape index (κ3) is 4.51. The highest BCUT2D eigenvalue weighted by Gasteiger charge is 2.25. The Hall–Kier alpha value is -1.89. The molecule has 1 N–H and O–H groups in total. The lowest BCUT2D eigenvalue weighted by Gasteiger charge is -2.30. The predicted octanol–water partition coefficient (Wildman–Crippen LogP) is 4.01. The highest BCUT2D eigenvalue weighted by Crippen LogP contribution is 2.31. The van der Waals surface area contributed by atoms with Gasteiger partial charge in [-0.1, -0.05) is 31.0 Å². The molecule has 0 aromatic heterocycles. The Labute approximate surface area is 165 Å². The molecular formula is C20H23ClN2O3S. The fourth-order valence-corrected chi connectivity index (χ4v) is 4.51. The second-order valence-corrected chi connectivity index (χ2v) is 8.82. The first-order valence-electron chi connectivity index (χ1n) is 9.12. The van der Waals surface area contributed by atoms with Gasteiger partial charge in [-0.25, -0.2) is 13.1 Å². The van der Waals surface area contributed by atoms with Gasteiger partial charge in [-0.2, -0.15) is 0 Å². The summed E-state index contributed by atoms with van der Waals surface area (Å²) < 4.78 is 27.5. The number of hydrogen-bond acceptors (Lipinski definition) is 3. The number of aryl methyl sites for hydroxylation is 1. The molecule has 3 rings (SSSR count). The molecular weight excluding hydrogens is 384 g/mol. The minimum absolute atomic E-state index is 0.130. The molecule has 1 aliphatic heterocycles. The van der Waals surface area contributed by atoms with Crippen LogP contribution in [0, 0.1) is 0 Å². The Morgan fingerprint density at radius 3 is 2.78 bits per heavy atom. The van der Waals surface area contributed by atoms with Crippen LogP contribution in [0.25, 0.3) is 0 Å². The van der Waals surface area contributed by atoms with Crippen LogP contribution in [-0.4, -0.2) is 27.4 Å². The average Bonchev–Trinajstić information content (AvgIpc) is 2.66. The average molecular weight is 407 g/mol. The Morgan fingerprint density at radius 1 is 1.22 bits per heavy atom. The van der Waals surface area contributed by atoms with E-state index in [9.17, 15) is 13.2 Å². The van der Waals surface area contributed by atoms with Gasteiger partial charge in [0.2, 0.25) is 10.0 Å². The van der Waals surface area contributed by atoms with Crippen LogP contribution in [0.5, 0.6) is 0 Å². The first-order chi connectivity index (χ1) is 12.9. The summed E-state index contributed by atoms with van der Waals surface area (Å²) in [6.07, 6.45) is 3.25.